The number of pyridine rings is 1. The number of rotatable bonds is 4. The standard InChI is InChI=1S/C18H18N2O4/c1-24-13-6-4-5-12(9-13)14-10-20(11-15(14)18(22)23)17(21)16-7-2-3-8-19-16/h2-9,14-15H,10-11H2,1H3,(H,22,23)/t14-,15+/m0/s1. The first-order valence-corrected chi connectivity index (χ1v) is 7.67. The van der Waals surface area contributed by atoms with Gasteiger partial charge in [0.15, 0.2) is 0 Å². The van der Waals surface area contributed by atoms with Gasteiger partial charge in [-0.15, -0.1) is 0 Å². The maximum absolute atomic E-state index is 12.6. The van der Waals surface area contributed by atoms with Gasteiger partial charge < -0.3 is 14.7 Å². The number of aliphatic carboxylic acids is 1. The number of carboxylic acid groups (broad SMARTS) is 1. The van der Waals surface area contributed by atoms with Gasteiger partial charge in [0.05, 0.1) is 13.0 Å². The van der Waals surface area contributed by atoms with Crippen LogP contribution in [0.4, 0.5) is 0 Å². The number of methoxy groups -OCH3 is 1. The average Bonchev–Trinajstić information content (AvgIpc) is 3.07. The summed E-state index contributed by atoms with van der Waals surface area (Å²) in [5.41, 5.74) is 1.19. The molecular weight excluding hydrogens is 308 g/mol. The predicted octanol–water partition coefficient (Wildman–Crippen LogP) is 2.03. The quantitative estimate of drug-likeness (QED) is 0.930. The number of hydrogen-bond donors (Lipinski definition) is 1. The van der Waals surface area contributed by atoms with Crippen LogP contribution in [0.2, 0.25) is 0 Å². The van der Waals surface area contributed by atoms with Crippen molar-refractivity contribution in [1.82, 2.24) is 9.88 Å². The molecule has 0 radical (unpaired) electrons. The van der Waals surface area contributed by atoms with Crippen LogP contribution in [0.1, 0.15) is 22.0 Å². The SMILES string of the molecule is COc1cccc([C@@H]2CN(C(=O)c3ccccn3)C[C@H]2C(=O)O)c1. The van der Waals surface area contributed by atoms with Gasteiger partial charge in [-0.2, -0.15) is 0 Å². The van der Waals surface area contributed by atoms with Crippen LogP contribution in [0.25, 0.3) is 0 Å². The van der Waals surface area contributed by atoms with Gasteiger partial charge in [0.1, 0.15) is 11.4 Å². The maximum atomic E-state index is 12.6. The van der Waals surface area contributed by atoms with Crippen molar-refractivity contribution < 1.29 is 19.4 Å². The Balaban J connectivity index is 1.87. The second-order valence-corrected chi connectivity index (χ2v) is 5.75. The average molecular weight is 326 g/mol. The summed E-state index contributed by atoms with van der Waals surface area (Å²) in [6.07, 6.45) is 1.55. The van der Waals surface area contributed by atoms with E-state index in [0.29, 0.717) is 18.0 Å². The fourth-order valence-corrected chi connectivity index (χ4v) is 3.08. The van der Waals surface area contributed by atoms with Crippen molar-refractivity contribution in [2.75, 3.05) is 20.2 Å². The second-order valence-electron chi connectivity index (χ2n) is 5.75. The lowest BCUT2D eigenvalue weighted by Gasteiger charge is -2.16. The van der Waals surface area contributed by atoms with E-state index in [-0.39, 0.29) is 18.4 Å². The van der Waals surface area contributed by atoms with Crippen LogP contribution in [0.5, 0.6) is 5.75 Å². The summed E-state index contributed by atoms with van der Waals surface area (Å²) in [6, 6.07) is 12.5. The summed E-state index contributed by atoms with van der Waals surface area (Å²) in [4.78, 5) is 29.8. The van der Waals surface area contributed by atoms with E-state index in [1.807, 2.05) is 24.3 Å². The molecule has 0 spiro atoms. The van der Waals surface area contributed by atoms with Gasteiger partial charge in [0.25, 0.3) is 5.91 Å². The highest BCUT2D eigenvalue weighted by Crippen LogP contribution is 2.34. The largest absolute Gasteiger partial charge is 0.497 e. The molecule has 6 heteroatoms. The molecule has 6 nitrogen and oxygen atoms in total. The van der Waals surface area contributed by atoms with Crippen molar-refractivity contribution in [3.8, 4) is 5.75 Å². The summed E-state index contributed by atoms with van der Waals surface area (Å²) in [5.74, 6) is -1.40. The van der Waals surface area contributed by atoms with E-state index in [0.717, 1.165) is 5.56 Å². The number of carboxylic acids is 1. The van der Waals surface area contributed by atoms with E-state index in [4.69, 9.17) is 4.74 Å². The van der Waals surface area contributed by atoms with E-state index in [1.54, 1.807) is 36.4 Å². The molecule has 1 fully saturated rings. The molecule has 0 saturated carbocycles. The van der Waals surface area contributed by atoms with Crippen LogP contribution in [0.15, 0.2) is 48.7 Å². The lowest BCUT2D eigenvalue weighted by molar-refractivity contribution is -0.141. The van der Waals surface area contributed by atoms with Crippen molar-refractivity contribution in [3.63, 3.8) is 0 Å². The van der Waals surface area contributed by atoms with Crippen molar-refractivity contribution in [3.05, 3.63) is 59.9 Å². The van der Waals surface area contributed by atoms with Gasteiger partial charge >= 0.3 is 5.97 Å². The highest BCUT2D eigenvalue weighted by molar-refractivity contribution is 5.93. The minimum Gasteiger partial charge on any atom is -0.497 e. The molecule has 1 saturated heterocycles. The van der Waals surface area contributed by atoms with Gasteiger partial charge in [-0.1, -0.05) is 18.2 Å². The van der Waals surface area contributed by atoms with Gasteiger partial charge in [0.2, 0.25) is 0 Å². The Kier molecular flexibility index (Phi) is 4.46. The van der Waals surface area contributed by atoms with E-state index in [9.17, 15) is 14.7 Å². The van der Waals surface area contributed by atoms with E-state index >= 15 is 0 Å². The number of nitrogens with zero attached hydrogens (tertiary/aromatic N) is 2. The van der Waals surface area contributed by atoms with Gasteiger partial charge in [-0.3, -0.25) is 14.6 Å². The Morgan fingerprint density at radius 2 is 2.04 bits per heavy atom. The normalized spacial score (nSPS) is 20.0. The number of amides is 1. The zero-order valence-electron chi connectivity index (χ0n) is 13.3. The van der Waals surface area contributed by atoms with E-state index in [2.05, 4.69) is 4.98 Å². The number of carbonyl (C=O) groups excluding carboxylic acids is 1. The van der Waals surface area contributed by atoms with E-state index < -0.39 is 11.9 Å². The number of likely N-dealkylation sites (tertiary alicyclic amines) is 1. The molecule has 1 aromatic heterocycles. The molecule has 1 amide bonds. The topological polar surface area (TPSA) is 79.7 Å². The molecule has 1 aliphatic rings. The molecule has 2 aromatic rings. The zero-order valence-corrected chi connectivity index (χ0v) is 13.3. The van der Waals surface area contributed by atoms with Gasteiger partial charge in [0, 0.05) is 25.2 Å². The number of ether oxygens (including phenoxy) is 1. The molecule has 2 atom stereocenters. The first-order chi connectivity index (χ1) is 11.6. The monoisotopic (exact) mass is 326 g/mol. The zero-order chi connectivity index (χ0) is 17.1. The van der Waals surface area contributed by atoms with Crippen LogP contribution in [0.3, 0.4) is 0 Å². The highest BCUT2D eigenvalue weighted by Gasteiger charge is 2.41. The fourth-order valence-electron chi connectivity index (χ4n) is 3.08. The lowest BCUT2D eigenvalue weighted by atomic mass is 9.89. The second kappa shape index (κ2) is 6.70. The van der Waals surface area contributed by atoms with Crippen LogP contribution in [-0.2, 0) is 4.79 Å². The molecule has 1 aliphatic heterocycles. The Morgan fingerprint density at radius 1 is 1.21 bits per heavy atom. The Morgan fingerprint density at radius 3 is 2.71 bits per heavy atom. The predicted molar refractivity (Wildman–Crippen MR) is 87.0 cm³/mol. The van der Waals surface area contributed by atoms with Crippen LogP contribution in [-0.4, -0.2) is 47.1 Å². The van der Waals surface area contributed by atoms with Crippen molar-refractivity contribution in [2.45, 2.75) is 5.92 Å². The number of carbonyl (C=O) groups is 2. The molecule has 24 heavy (non-hydrogen) atoms. The molecular formula is C18H18N2O4. The molecule has 1 N–H and O–H groups in total. The van der Waals surface area contributed by atoms with Gasteiger partial charge in [-0.25, -0.2) is 0 Å². The molecule has 124 valence electrons. The first-order valence-electron chi connectivity index (χ1n) is 7.67. The smallest absolute Gasteiger partial charge is 0.308 e. The summed E-state index contributed by atoms with van der Waals surface area (Å²) >= 11 is 0. The van der Waals surface area contributed by atoms with Crippen molar-refractivity contribution in [2.24, 2.45) is 5.92 Å². The number of aromatic nitrogens is 1. The lowest BCUT2D eigenvalue weighted by Crippen LogP contribution is -2.30. The molecule has 2 heterocycles. The summed E-state index contributed by atoms with van der Waals surface area (Å²) in [5, 5.41) is 9.56. The minimum absolute atomic E-state index is 0.173. The summed E-state index contributed by atoms with van der Waals surface area (Å²) < 4.78 is 5.22. The number of hydrogen-bond acceptors (Lipinski definition) is 4. The molecule has 0 aliphatic carbocycles. The Hall–Kier alpha value is -2.89. The summed E-state index contributed by atoms with van der Waals surface area (Å²) in [7, 11) is 1.57. The van der Waals surface area contributed by atoms with Gasteiger partial charge in [-0.05, 0) is 29.8 Å². The number of benzene rings is 1. The Bertz CT molecular complexity index is 748. The third-order valence-electron chi connectivity index (χ3n) is 4.33. The van der Waals surface area contributed by atoms with Crippen molar-refractivity contribution in [1.29, 1.82) is 0 Å². The fraction of sp³-hybridized carbons (Fsp3) is 0.278. The third-order valence-corrected chi connectivity index (χ3v) is 4.33. The molecule has 1 aromatic carbocycles. The molecule has 0 unspecified atom stereocenters. The Labute approximate surface area is 139 Å². The van der Waals surface area contributed by atoms with Crippen LogP contribution < -0.4 is 4.74 Å². The highest BCUT2D eigenvalue weighted by atomic mass is 16.5. The van der Waals surface area contributed by atoms with E-state index in [1.165, 1.54) is 0 Å². The molecule has 0 bridgehead atoms. The van der Waals surface area contributed by atoms with Crippen molar-refractivity contribution >= 4 is 11.9 Å². The first kappa shape index (κ1) is 16.0. The molecule has 3 rings (SSSR count). The maximum Gasteiger partial charge on any atom is 0.308 e. The van der Waals surface area contributed by atoms with Crippen LogP contribution in [0, 0.1) is 5.92 Å². The van der Waals surface area contributed by atoms with Crippen LogP contribution >= 0.6 is 0 Å². The summed E-state index contributed by atoms with van der Waals surface area (Å²) in [6.45, 7) is 0.520. The minimum atomic E-state index is -0.904. The third kappa shape index (κ3) is 3.08.